The number of ether oxygens (including phenoxy) is 2. The molecule has 1 aliphatic rings. The third kappa shape index (κ3) is 3.19. The quantitative estimate of drug-likeness (QED) is 0.799. The fourth-order valence-corrected chi connectivity index (χ4v) is 2.28. The number of pyridine rings is 1. The topological polar surface area (TPSA) is 86.5 Å². The molecule has 1 aliphatic heterocycles. The molecule has 2 heterocycles. The first-order chi connectivity index (χ1) is 9.63. The van der Waals surface area contributed by atoms with Crippen LogP contribution in [-0.2, 0) is 9.47 Å². The van der Waals surface area contributed by atoms with Crippen molar-refractivity contribution >= 4 is 17.5 Å². The van der Waals surface area contributed by atoms with Gasteiger partial charge in [0.1, 0.15) is 5.82 Å². The lowest BCUT2D eigenvalue weighted by molar-refractivity contribution is 0.0527. The highest BCUT2D eigenvalue weighted by atomic mass is 16.5. The summed E-state index contributed by atoms with van der Waals surface area (Å²) in [5, 5.41) is 3.22. The van der Waals surface area contributed by atoms with Gasteiger partial charge in [-0.2, -0.15) is 0 Å². The molecular weight excluding hydrogens is 258 g/mol. The molecule has 6 nitrogen and oxygen atoms in total. The zero-order valence-electron chi connectivity index (χ0n) is 11.9. The number of hydrogen-bond donors (Lipinski definition) is 2. The molecule has 0 saturated carbocycles. The Bertz CT molecular complexity index is 473. The molecule has 3 N–H and O–H groups in total. The third-order valence-corrected chi connectivity index (χ3v) is 3.37. The normalized spacial score (nSPS) is 19.6. The van der Waals surface area contributed by atoms with E-state index >= 15 is 0 Å². The molecule has 1 aromatic heterocycles. The zero-order valence-corrected chi connectivity index (χ0v) is 11.9. The summed E-state index contributed by atoms with van der Waals surface area (Å²) in [7, 11) is 0. The van der Waals surface area contributed by atoms with Gasteiger partial charge in [0.15, 0.2) is 0 Å². The minimum Gasteiger partial charge on any atom is -0.462 e. The Kier molecular flexibility index (Phi) is 4.79. The summed E-state index contributed by atoms with van der Waals surface area (Å²) >= 11 is 0. The molecular formula is C14H21N3O3. The van der Waals surface area contributed by atoms with Gasteiger partial charge in [-0.25, -0.2) is 9.78 Å². The highest BCUT2D eigenvalue weighted by molar-refractivity contribution is 5.97. The maximum atomic E-state index is 11.8. The van der Waals surface area contributed by atoms with Crippen molar-refractivity contribution in [1.82, 2.24) is 4.98 Å². The Morgan fingerprint density at radius 1 is 1.70 bits per heavy atom. The van der Waals surface area contributed by atoms with E-state index in [-0.39, 0.29) is 12.1 Å². The number of esters is 1. The van der Waals surface area contributed by atoms with E-state index in [0.717, 1.165) is 19.4 Å². The van der Waals surface area contributed by atoms with Crippen LogP contribution in [0.3, 0.4) is 0 Å². The van der Waals surface area contributed by atoms with Gasteiger partial charge in [-0.05, 0) is 32.8 Å². The van der Waals surface area contributed by atoms with E-state index in [2.05, 4.69) is 10.3 Å². The van der Waals surface area contributed by atoms with E-state index in [0.29, 0.717) is 23.7 Å². The van der Waals surface area contributed by atoms with Crippen molar-refractivity contribution < 1.29 is 14.3 Å². The SMILES string of the molecule is CCOC(=O)c1ccnc(NC(C)C2CCCO2)c1N. The summed E-state index contributed by atoms with van der Waals surface area (Å²) in [5.41, 5.74) is 6.65. The van der Waals surface area contributed by atoms with Gasteiger partial charge in [-0.1, -0.05) is 0 Å². The van der Waals surface area contributed by atoms with E-state index in [1.807, 2.05) is 6.92 Å². The first-order valence-corrected chi connectivity index (χ1v) is 6.93. The lowest BCUT2D eigenvalue weighted by atomic mass is 10.1. The van der Waals surface area contributed by atoms with Crippen molar-refractivity contribution in [3.63, 3.8) is 0 Å². The highest BCUT2D eigenvalue weighted by Crippen LogP contribution is 2.24. The second-order valence-corrected chi connectivity index (χ2v) is 4.83. The average molecular weight is 279 g/mol. The van der Waals surface area contributed by atoms with Crippen LogP contribution >= 0.6 is 0 Å². The smallest absolute Gasteiger partial charge is 0.340 e. The first kappa shape index (κ1) is 14.6. The Hall–Kier alpha value is -1.82. The number of nitrogens with two attached hydrogens (primary N) is 1. The highest BCUT2D eigenvalue weighted by Gasteiger charge is 2.24. The predicted octanol–water partition coefficient (Wildman–Crippen LogP) is 1.82. The monoisotopic (exact) mass is 279 g/mol. The van der Waals surface area contributed by atoms with E-state index in [9.17, 15) is 4.79 Å². The molecule has 0 amide bonds. The van der Waals surface area contributed by atoms with E-state index in [1.165, 1.54) is 0 Å². The van der Waals surface area contributed by atoms with Crippen LogP contribution in [0.4, 0.5) is 11.5 Å². The lowest BCUT2D eigenvalue weighted by Gasteiger charge is -2.21. The number of nitrogen functional groups attached to an aromatic ring is 1. The predicted molar refractivity (Wildman–Crippen MR) is 76.7 cm³/mol. The molecule has 6 heteroatoms. The molecule has 1 saturated heterocycles. The van der Waals surface area contributed by atoms with Gasteiger partial charge in [-0.15, -0.1) is 0 Å². The van der Waals surface area contributed by atoms with Crippen molar-refractivity contribution in [2.45, 2.75) is 38.8 Å². The summed E-state index contributed by atoms with van der Waals surface area (Å²) in [5.74, 6) is 0.0683. The van der Waals surface area contributed by atoms with Crippen LogP contribution in [0.15, 0.2) is 12.3 Å². The van der Waals surface area contributed by atoms with Crippen molar-refractivity contribution in [3.05, 3.63) is 17.8 Å². The van der Waals surface area contributed by atoms with E-state index < -0.39 is 5.97 Å². The molecule has 110 valence electrons. The summed E-state index contributed by atoms with van der Waals surface area (Å²) < 4.78 is 10.6. The summed E-state index contributed by atoms with van der Waals surface area (Å²) in [6.07, 6.45) is 3.80. The number of aromatic nitrogens is 1. The third-order valence-electron chi connectivity index (χ3n) is 3.37. The fraction of sp³-hybridized carbons (Fsp3) is 0.571. The molecule has 0 aliphatic carbocycles. The molecule has 2 unspecified atom stereocenters. The van der Waals surface area contributed by atoms with E-state index in [4.69, 9.17) is 15.2 Å². The van der Waals surface area contributed by atoms with Crippen LogP contribution in [-0.4, -0.2) is 36.3 Å². The number of nitrogens with one attached hydrogen (secondary N) is 1. The number of nitrogens with zero attached hydrogens (tertiary/aromatic N) is 1. The average Bonchev–Trinajstić information content (AvgIpc) is 2.95. The van der Waals surface area contributed by atoms with Crippen LogP contribution in [0.25, 0.3) is 0 Å². The lowest BCUT2D eigenvalue weighted by Crippen LogP contribution is -2.31. The largest absolute Gasteiger partial charge is 0.462 e. The number of carbonyl (C=O) groups excluding carboxylic acids is 1. The van der Waals surface area contributed by atoms with E-state index in [1.54, 1.807) is 19.2 Å². The maximum absolute atomic E-state index is 11.8. The van der Waals surface area contributed by atoms with Crippen molar-refractivity contribution in [3.8, 4) is 0 Å². The molecule has 20 heavy (non-hydrogen) atoms. The van der Waals surface area contributed by atoms with Crippen molar-refractivity contribution in [2.24, 2.45) is 0 Å². The van der Waals surface area contributed by atoms with Crippen LogP contribution in [0.2, 0.25) is 0 Å². The fourth-order valence-electron chi connectivity index (χ4n) is 2.28. The maximum Gasteiger partial charge on any atom is 0.340 e. The summed E-state index contributed by atoms with van der Waals surface area (Å²) in [6, 6.07) is 1.65. The van der Waals surface area contributed by atoms with Gasteiger partial charge in [0, 0.05) is 12.8 Å². The van der Waals surface area contributed by atoms with Crippen LogP contribution in [0.5, 0.6) is 0 Å². The molecule has 1 aromatic rings. The van der Waals surface area contributed by atoms with Gasteiger partial charge in [0.2, 0.25) is 0 Å². The number of carbonyl (C=O) groups is 1. The standard InChI is InChI=1S/C14H21N3O3/c1-3-19-14(18)10-6-7-16-13(12(10)15)17-9(2)11-5-4-8-20-11/h6-7,9,11H,3-5,8,15H2,1-2H3,(H,16,17). The molecule has 0 aromatic carbocycles. The molecule has 0 bridgehead atoms. The minimum atomic E-state index is -0.430. The van der Waals surface area contributed by atoms with Crippen LogP contribution < -0.4 is 11.1 Å². The molecule has 1 fully saturated rings. The molecule has 0 radical (unpaired) electrons. The Morgan fingerprint density at radius 3 is 3.15 bits per heavy atom. The second-order valence-electron chi connectivity index (χ2n) is 4.83. The van der Waals surface area contributed by atoms with Gasteiger partial charge >= 0.3 is 5.97 Å². The molecule has 0 spiro atoms. The van der Waals surface area contributed by atoms with Crippen LogP contribution in [0.1, 0.15) is 37.0 Å². The second kappa shape index (κ2) is 6.56. The number of anilines is 2. The van der Waals surface area contributed by atoms with Gasteiger partial charge in [0.05, 0.1) is 30.0 Å². The summed E-state index contributed by atoms with van der Waals surface area (Å²) in [6.45, 7) is 4.89. The Balaban J connectivity index is 2.11. The number of hydrogen-bond acceptors (Lipinski definition) is 6. The molecule has 2 rings (SSSR count). The zero-order chi connectivity index (χ0) is 14.5. The molecule has 2 atom stereocenters. The van der Waals surface area contributed by atoms with Crippen molar-refractivity contribution in [2.75, 3.05) is 24.3 Å². The van der Waals surface area contributed by atoms with Crippen molar-refractivity contribution in [1.29, 1.82) is 0 Å². The van der Waals surface area contributed by atoms with Gasteiger partial charge in [-0.3, -0.25) is 0 Å². The Labute approximate surface area is 118 Å². The first-order valence-electron chi connectivity index (χ1n) is 6.93. The van der Waals surface area contributed by atoms with Gasteiger partial charge < -0.3 is 20.5 Å². The van der Waals surface area contributed by atoms with Gasteiger partial charge in [0.25, 0.3) is 0 Å². The number of rotatable bonds is 5. The Morgan fingerprint density at radius 2 is 2.50 bits per heavy atom. The van der Waals surface area contributed by atoms with Crippen LogP contribution in [0, 0.1) is 0 Å². The minimum absolute atomic E-state index is 0.0877. The summed E-state index contributed by atoms with van der Waals surface area (Å²) in [4.78, 5) is 16.0.